The molecule has 1 aliphatic carbocycles. The standard InChI is InChI=1S/C18H24ClN5O/c19-13-8-21-17-15(16(13)24-7-3-6-12(20)10-24)14(9-22-17)23-18(25)11-4-1-2-5-11/h8-9,11-12H,1-7,10,20H2,(H,21,22)(H,23,25). The first-order chi connectivity index (χ1) is 12.1. The van der Waals surface area contributed by atoms with Crippen molar-refractivity contribution in [3.8, 4) is 0 Å². The molecule has 0 radical (unpaired) electrons. The van der Waals surface area contributed by atoms with Gasteiger partial charge in [-0.2, -0.15) is 0 Å². The number of amides is 1. The van der Waals surface area contributed by atoms with Crippen LogP contribution in [0.15, 0.2) is 12.4 Å². The third kappa shape index (κ3) is 3.20. The lowest BCUT2D eigenvalue weighted by atomic mass is 10.0. The van der Waals surface area contributed by atoms with Crippen molar-refractivity contribution < 1.29 is 4.79 Å². The molecule has 134 valence electrons. The number of aromatic nitrogens is 2. The van der Waals surface area contributed by atoms with Crippen LogP contribution in [0.1, 0.15) is 38.5 Å². The zero-order chi connectivity index (χ0) is 17.4. The zero-order valence-electron chi connectivity index (χ0n) is 14.2. The van der Waals surface area contributed by atoms with Crippen LogP contribution >= 0.6 is 11.6 Å². The summed E-state index contributed by atoms with van der Waals surface area (Å²) in [4.78, 5) is 22.3. The number of rotatable bonds is 3. The van der Waals surface area contributed by atoms with Gasteiger partial charge in [0.05, 0.1) is 28.0 Å². The molecule has 1 saturated carbocycles. The van der Waals surface area contributed by atoms with Crippen molar-refractivity contribution in [1.29, 1.82) is 0 Å². The van der Waals surface area contributed by atoms with Gasteiger partial charge in [-0.15, -0.1) is 0 Å². The van der Waals surface area contributed by atoms with Gasteiger partial charge < -0.3 is 20.9 Å². The molecule has 7 heteroatoms. The number of nitrogens with one attached hydrogen (secondary N) is 2. The van der Waals surface area contributed by atoms with Crippen LogP contribution in [0.5, 0.6) is 0 Å². The summed E-state index contributed by atoms with van der Waals surface area (Å²) in [5.41, 5.74) is 8.57. The van der Waals surface area contributed by atoms with E-state index in [4.69, 9.17) is 17.3 Å². The first-order valence-electron chi connectivity index (χ1n) is 9.10. The average Bonchev–Trinajstić information content (AvgIpc) is 3.25. The molecule has 0 spiro atoms. The lowest BCUT2D eigenvalue weighted by Gasteiger charge is -2.33. The summed E-state index contributed by atoms with van der Waals surface area (Å²) in [6, 6.07) is 0.142. The van der Waals surface area contributed by atoms with E-state index < -0.39 is 0 Å². The zero-order valence-corrected chi connectivity index (χ0v) is 15.0. The smallest absolute Gasteiger partial charge is 0.227 e. The Balaban J connectivity index is 1.70. The van der Waals surface area contributed by atoms with Crippen LogP contribution in [0.4, 0.5) is 11.4 Å². The molecule has 2 aliphatic rings. The van der Waals surface area contributed by atoms with Gasteiger partial charge in [-0.25, -0.2) is 4.98 Å². The largest absolute Gasteiger partial charge is 0.368 e. The van der Waals surface area contributed by atoms with E-state index in [0.29, 0.717) is 5.02 Å². The molecule has 3 heterocycles. The number of piperidine rings is 1. The summed E-state index contributed by atoms with van der Waals surface area (Å²) in [6.45, 7) is 1.67. The van der Waals surface area contributed by atoms with Crippen LogP contribution in [0, 0.1) is 5.92 Å². The van der Waals surface area contributed by atoms with E-state index in [1.54, 1.807) is 6.20 Å². The lowest BCUT2D eigenvalue weighted by molar-refractivity contribution is -0.119. The van der Waals surface area contributed by atoms with Crippen molar-refractivity contribution >= 4 is 39.9 Å². The first-order valence-corrected chi connectivity index (χ1v) is 9.48. The van der Waals surface area contributed by atoms with Gasteiger partial charge in [0.25, 0.3) is 0 Å². The van der Waals surface area contributed by atoms with E-state index in [2.05, 4.69) is 20.2 Å². The Bertz CT molecular complexity index is 783. The van der Waals surface area contributed by atoms with Crippen molar-refractivity contribution in [2.24, 2.45) is 11.7 Å². The van der Waals surface area contributed by atoms with Crippen LogP contribution in [0.2, 0.25) is 5.02 Å². The van der Waals surface area contributed by atoms with Gasteiger partial charge in [0.15, 0.2) is 0 Å². The van der Waals surface area contributed by atoms with E-state index in [9.17, 15) is 4.79 Å². The van der Waals surface area contributed by atoms with Gasteiger partial charge in [0.2, 0.25) is 5.91 Å². The third-order valence-corrected chi connectivity index (χ3v) is 5.66. The highest BCUT2D eigenvalue weighted by Gasteiger charge is 2.26. The van der Waals surface area contributed by atoms with E-state index in [-0.39, 0.29) is 17.9 Å². The molecule has 4 N–H and O–H groups in total. The van der Waals surface area contributed by atoms with Crippen LogP contribution in [0.3, 0.4) is 0 Å². The number of carbonyl (C=O) groups is 1. The molecule has 1 aliphatic heterocycles. The van der Waals surface area contributed by atoms with E-state index in [1.807, 2.05) is 6.20 Å². The van der Waals surface area contributed by atoms with E-state index >= 15 is 0 Å². The van der Waals surface area contributed by atoms with Crippen LogP contribution in [0.25, 0.3) is 11.0 Å². The molecule has 0 bridgehead atoms. The number of nitrogens with zero attached hydrogens (tertiary/aromatic N) is 2. The van der Waals surface area contributed by atoms with Gasteiger partial charge in [0, 0.05) is 31.2 Å². The van der Waals surface area contributed by atoms with Gasteiger partial charge in [-0.1, -0.05) is 24.4 Å². The Labute approximate surface area is 152 Å². The molecule has 1 saturated heterocycles. The lowest BCUT2D eigenvalue weighted by Crippen LogP contribution is -2.43. The second-order valence-electron chi connectivity index (χ2n) is 7.20. The minimum absolute atomic E-state index is 0.0969. The predicted octanol–water partition coefficient (Wildman–Crippen LogP) is 3.27. The minimum Gasteiger partial charge on any atom is -0.368 e. The highest BCUT2D eigenvalue weighted by Crippen LogP contribution is 2.39. The number of hydrogen-bond acceptors (Lipinski definition) is 4. The highest BCUT2D eigenvalue weighted by atomic mass is 35.5. The topological polar surface area (TPSA) is 87.0 Å². The second-order valence-corrected chi connectivity index (χ2v) is 7.61. The molecule has 1 atom stereocenters. The quantitative estimate of drug-likeness (QED) is 0.783. The second kappa shape index (κ2) is 6.84. The Kier molecular flexibility index (Phi) is 4.56. The predicted molar refractivity (Wildman–Crippen MR) is 101 cm³/mol. The number of H-pyrrole nitrogens is 1. The number of nitrogens with two attached hydrogens (primary N) is 1. The van der Waals surface area contributed by atoms with Crippen LogP contribution in [-0.4, -0.2) is 35.0 Å². The summed E-state index contributed by atoms with van der Waals surface area (Å²) in [5.74, 6) is 0.212. The van der Waals surface area contributed by atoms with Crippen molar-refractivity contribution in [3.63, 3.8) is 0 Å². The van der Waals surface area contributed by atoms with Gasteiger partial charge >= 0.3 is 0 Å². The summed E-state index contributed by atoms with van der Waals surface area (Å²) < 4.78 is 0. The molecule has 0 aromatic carbocycles. The fourth-order valence-electron chi connectivity index (χ4n) is 4.10. The summed E-state index contributed by atoms with van der Waals surface area (Å²) in [6.07, 6.45) is 9.76. The number of carbonyl (C=O) groups excluding carboxylic acids is 1. The van der Waals surface area contributed by atoms with Crippen LogP contribution < -0.4 is 16.0 Å². The molecule has 4 rings (SSSR count). The first kappa shape index (κ1) is 16.7. The maximum atomic E-state index is 12.6. The fraction of sp³-hybridized carbons (Fsp3) is 0.556. The SMILES string of the molecule is NC1CCCN(c2c(Cl)cnc3[nH]cc(NC(=O)C4CCCC4)c23)C1. The normalized spacial score (nSPS) is 21.8. The van der Waals surface area contributed by atoms with Crippen molar-refractivity contribution in [2.75, 3.05) is 23.3 Å². The maximum Gasteiger partial charge on any atom is 0.227 e. The van der Waals surface area contributed by atoms with Gasteiger partial charge in [0.1, 0.15) is 5.65 Å². The Morgan fingerprint density at radius 3 is 2.88 bits per heavy atom. The number of aromatic amines is 1. The molecule has 1 unspecified atom stereocenters. The van der Waals surface area contributed by atoms with Gasteiger partial charge in [-0.3, -0.25) is 4.79 Å². The Morgan fingerprint density at radius 1 is 1.32 bits per heavy atom. The molecule has 2 aromatic rings. The Hall–Kier alpha value is -1.79. The highest BCUT2D eigenvalue weighted by molar-refractivity contribution is 6.35. The van der Waals surface area contributed by atoms with Crippen molar-refractivity contribution in [3.05, 3.63) is 17.4 Å². The minimum atomic E-state index is 0.0969. The molecule has 25 heavy (non-hydrogen) atoms. The van der Waals surface area contributed by atoms with E-state index in [1.165, 1.54) is 0 Å². The van der Waals surface area contributed by atoms with E-state index in [0.717, 1.165) is 74.0 Å². The Morgan fingerprint density at radius 2 is 2.12 bits per heavy atom. The summed E-state index contributed by atoms with van der Waals surface area (Å²) >= 11 is 6.51. The molecular weight excluding hydrogens is 338 g/mol. The summed E-state index contributed by atoms with van der Waals surface area (Å²) in [7, 11) is 0. The number of anilines is 2. The third-order valence-electron chi connectivity index (χ3n) is 5.39. The average molecular weight is 362 g/mol. The number of halogens is 1. The molecule has 2 fully saturated rings. The molecule has 1 amide bonds. The van der Waals surface area contributed by atoms with Gasteiger partial charge in [-0.05, 0) is 25.7 Å². The number of fused-ring (bicyclic) bond motifs is 1. The number of hydrogen-bond donors (Lipinski definition) is 3. The summed E-state index contributed by atoms with van der Waals surface area (Å²) in [5, 5.41) is 4.58. The van der Waals surface area contributed by atoms with Crippen molar-refractivity contribution in [1.82, 2.24) is 9.97 Å². The molecular formula is C18H24ClN5O. The number of pyridine rings is 1. The van der Waals surface area contributed by atoms with Crippen LogP contribution in [-0.2, 0) is 4.79 Å². The monoisotopic (exact) mass is 361 g/mol. The van der Waals surface area contributed by atoms with Crippen molar-refractivity contribution in [2.45, 2.75) is 44.6 Å². The molecule has 6 nitrogen and oxygen atoms in total. The fourth-order valence-corrected chi connectivity index (χ4v) is 4.36. The maximum absolute atomic E-state index is 12.6. The molecule has 2 aromatic heterocycles.